The third-order valence-electron chi connectivity index (χ3n) is 11.6. The Hall–Kier alpha value is -3.18. The highest BCUT2D eigenvalue weighted by Crippen LogP contribution is 2.14. The van der Waals surface area contributed by atoms with Crippen LogP contribution in [0.4, 0.5) is 0 Å². The third-order valence-corrected chi connectivity index (χ3v) is 11.6. The predicted molar refractivity (Wildman–Crippen MR) is 288 cm³/mol. The molecule has 5 nitrogen and oxygen atoms in total. The molecule has 0 aromatic heterocycles. The van der Waals surface area contributed by atoms with Gasteiger partial charge in [-0.2, -0.15) is 0 Å². The third kappa shape index (κ3) is 53.4. The van der Waals surface area contributed by atoms with E-state index in [9.17, 15) is 9.59 Å². The van der Waals surface area contributed by atoms with Crippen LogP contribution < -0.4 is 0 Å². The normalized spacial score (nSPS) is 13.0. The van der Waals surface area contributed by atoms with Gasteiger partial charge in [0.05, 0.1) is 6.61 Å². The van der Waals surface area contributed by atoms with Crippen molar-refractivity contribution in [2.75, 3.05) is 19.8 Å². The fourth-order valence-electron chi connectivity index (χ4n) is 7.49. The predicted octanol–water partition coefficient (Wildman–Crippen LogP) is 19.0. The minimum atomic E-state index is -0.568. The van der Waals surface area contributed by atoms with Gasteiger partial charge in [-0.3, -0.25) is 9.59 Å². The van der Waals surface area contributed by atoms with Crippen LogP contribution in [0.1, 0.15) is 252 Å². The summed E-state index contributed by atoms with van der Waals surface area (Å²) in [5.74, 6) is -0.468. The summed E-state index contributed by atoms with van der Waals surface area (Å²) in [5.41, 5.74) is 0. The van der Waals surface area contributed by atoms with Gasteiger partial charge in [0.1, 0.15) is 6.61 Å². The maximum atomic E-state index is 12.8. The van der Waals surface area contributed by atoms with Gasteiger partial charge in [-0.25, -0.2) is 0 Å². The summed E-state index contributed by atoms with van der Waals surface area (Å²) in [6.07, 6.45) is 75.7. The van der Waals surface area contributed by atoms with Crippen molar-refractivity contribution < 1.29 is 23.8 Å². The van der Waals surface area contributed by atoms with Crippen LogP contribution in [0.5, 0.6) is 0 Å². The van der Waals surface area contributed by atoms with Crippen molar-refractivity contribution >= 4 is 11.9 Å². The molecule has 0 rings (SSSR count). The van der Waals surface area contributed by atoms with Gasteiger partial charge >= 0.3 is 11.9 Å². The van der Waals surface area contributed by atoms with E-state index in [0.29, 0.717) is 19.4 Å². The zero-order valence-electron chi connectivity index (χ0n) is 43.4. The highest BCUT2D eigenvalue weighted by molar-refractivity contribution is 5.70. The van der Waals surface area contributed by atoms with Gasteiger partial charge in [-0.15, -0.1) is 0 Å². The largest absolute Gasteiger partial charge is 0.462 e. The Morgan fingerprint density at radius 3 is 1.17 bits per heavy atom. The molecule has 1 atom stereocenters. The molecule has 0 aromatic carbocycles. The van der Waals surface area contributed by atoms with E-state index in [2.05, 4.69) is 118 Å². The van der Waals surface area contributed by atoms with Crippen LogP contribution in [0, 0.1) is 0 Å². The Labute approximate surface area is 409 Å². The first-order valence-electron chi connectivity index (χ1n) is 27.8. The van der Waals surface area contributed by atoms with Crippen molar-refractivity contribution in [1.29, 1.82) is 0 Å². The van der Waals surface area contributed by atoms with Crippen molar-refractivity contribution in [3.05, 3.63) is 97.2 Å². The van der Waals surface area contributed by atoms with Crippen molar-refractivity contribution in [3.8, 4) is 0 Å². The van der Waals surface area contributed by atoms with Crippen LogP contribution in [0.25, 0.3) is 0 Å². The molecule has 0 saturated carbocycles. The van der Waals surface area contributed by atoms with E-state index in [4.69, 9.17) is 14.2 Å². The minimum Gasteiger partial charge on any atom is -0.462 e. The topological polar surface area (TPSA) is 61.8 Å². The second-order valence-electron chi connectivity index (χ2n) is 18.1. The van der Waals surface area contributed by atoms with Gasteiger partial charge < -0.3 is 14.2 Å². The van der Waals surface area contributed by atoms with Gasteiger partial charge in [0.2, 0.25) is 0 Å². The molecular weight excluding hydrogens is 813 g/mol. The van der Waals surface area contributed by atoms with Gasteiger partial charge in [-0.1, -0.05) is 240 Å². The van der Waals surface area contributed by atoms with Crippen LogP contribution in [0.3, 0.4) is 0 Å². The fraction of sp³-hybridized carbons (Fsp3) is 0.705. The number of carbonyl (C=O) groups is 2. The summed E-state index contributed by atoms with van der Waals surface area (Å²) < 4.78 is 17.4. The van der Waals surface area contributed by atoms with E-state index in [1.54, 1.807) is 0 Å². The monoisotopic (exact) mass is 917 g/mol. The zero-order valence-corrected chi connectivity index (χ0v) is 43.4. The number of ether oxygens (including phenoxy) is 3. The maximum absolute atomic E-state index is 12.8. The molecule has 0 spiro atoms. The smallest absolute Gasteiger partial charge is 0.306 e. The van der Waals surface area contributed by atoms with Gasteiger partial charge in [0.25, 0.3) is 0 Å². The molecule has 66 heavy (non-hydrogen) atoms. The van der Waals surface area contributed by atoms with Crippen molar-refractivity contribution in [2.24, 2.45) is 0 Å². The first-order chi connectivity index (χ1) is 32.6. The minimum absolute atomic E-state index is 0.0492. The number of esters is 2. The molecule has 0 N–H and O–H groups in total. The molecule has 0 fully saturated rings. The molecule has 0 amide bonds. The zero-order chi connectivity index (χ0) is 47.7. The molecule has 5 heteroatoms. The lowest BCUT2D eigenvalue weighted by Gasteiger charge is -2.18. The van der Waals surface area contributed by atoms with Crippen LogP contribution >= 0.6 is 0 Å². The second-order valence-corrected chi connectivity index (χ2v) is 18.1. The van der Waals surface area contributed by atoms with Crippen LogP contribution in [0.15, 0.2) is 97.2 Å². The van der Waals surface area contributed by atoms with Crippen molar-refractivity contribution in [3.63, 3.8) is 0 Å². The Morgan fingerprint density at radius 2 is 0.697 bits per heavy atom. The molecule has 0 radical (unpaired) electrons. The standard InChI is InChI=1S/C61H104O5/c1-4-7-10-13-16-19-22-25-27-29-30-31-33-35-38-41-44-47-50-53-56-64-57-59(66-61(63)55-52-49-46-43-40-36-24-21-18-15-12-9-6-3)58-65-60(62)54-51-48-45-42-39-37-34-32-28-26-23-20-17-14-11-8-5-2/h8,11,16-17,19-20,25-28,30-31,34,37,42,45,59H,4-7,9-10,12-15,18,21-24,29,32-33,35-36,38-41,43-44,46-58H2,1-3H3/b11-8-,19-16-,20-17-,27-25-,28-26-,31-30-,37-34-,45-42-. The van der Waals surface area contributed by atoms with E-state index in [1.165, 1.54) is 135 Å². The summed E-state index contributed by atoms with van der Waals surface area (Å²) >= 11 is 0. The first kappa shape index (κ1) is 62.8. The molecule has 0 heterocycles. The molecule has 0 aliphatic heterocycles. The number of hydrogen-bond donors (Lipinski definition) is 0. The van der Waals surface area contributed by atoms with Crippen LogP contribution in [-0.4, -0.2) is 37.9 Å². The number of hydrogen-bond acceptors (Lipinski definition) is 5. The summed E-state index contributed by atoms with van der Waals surface area (Å²) in [4.78, 5) is 25.4. The molecular formula is C61H104O5. The quantitative estimate of drug-likeness (QED) is 0.0346. The molecule has 0 aromatic rings. The lowest BCUT2D eigenvalue weighted by Crippen LogP contribution is -2.30. The van der Waals surface area contributed by atoms with Gasteiger partial charge in [0, 0.05) is 19.4 Å². The number of rotatable bonds is 50. The fourth-order valence-corrected chi connectivity index (χ4v) is 7.49. The summed E-state index contributed by atoms with van der Waals surface area (Å²) in [6, 6.07) is 0. The Balaban J connectivity index is 4.36. The van der Waals surface area contributed by atoms with E-state index >= 15 is 0 Å². The van der Waals surface area contributed by atoms with Gasteiger partial charge in [-0.05, 0) is 96.3 Å². The van der Waals surface area contributed by atoms with Crippen LogP contribution in [0.2, 0.25) is 0 Å². The maximum Gasteiger partial charge on any atom is 0.306 e. The van der Waals surface area contributed by atoms with Crippen LogP contribution in [-0.2, 0) is 23.8 Å². The highest BCUT2D eigenvalue weighted by atomic mass is 16.6. The van der Waals surface area contributed by atoms with Crippen molar-refractivity contribution in [1.82, 2.24) is 0 Å². The molecule has 0 saturated heterocycles. The summed E-state index contributed by atoms with van der Waals surface area (Å²) in [7, 11) is 0. The summed E-state index contributed by atoms with van der Waals surface area (Å²) in [5, 5.41) is 0. The molecule has 0 bridgehead atoms. The van der Waals surface area contributed by atoms with E-state index in [1.807, 2.05) is 0 Å². The molecule has 0 aliphatic rings. The number of allylic oxidation sites excluding steroid dienone is 16. The van der Waals surface area contributed by atoms with E-state index < -0.39 is 6.10 Å². The number of carbonyl (C=O) groups excluding carboxylic acids is 2. The second kappa shape index (κ2) is 56.1. The SMILES string of the molecule is CC/C=C\C/C=C\C/C=C\C/C=C\C/C=C\CCCC(=O)OCC(COCCCCCCCCC/C=C\C/C=C\C/C=C\CCCCC)OC(=O)CCCCCCCCCCCCCCC. The molecule has 0 aliphatic carbocycles. The first-order valence-corrected chi connectivity index (χ1v) is 27.8. The number of unbranched alkanes of at least 4 members (excludes halogenated alkanes) is 23. The Kier molecular flexibility index (Phi) is 53.4. The highest BCUT2D eigenvalue weighted by Gasteiger charge is 2.17. The van der Waals surface area contributed by atoms with E-state index in [-0.39, 0.29) is 25.2 Å². The van der Waals surface area contributed by atoms with E-state index in [0.717, 1.165) is 83.5 Å². The Bertz CT molecular complexity index is 1270. The lowest BCUT2D eigenvalue weighted by molar-refractivity contribution is -0.163. The molecule has 1 unspecified atom stereocenters. The lowest BCUT2D eigenvalue weighted by atomic mass is 10.0. The van der Waals surface area contributed by atoms with Crippen molar-refractivity contribution in [2.45, 2.75) is 258 Å². The summed E-state index contributed by atoms with van der Waals surface area (Å²) in [6.45, 7) is 7.62. The average Bonchev–Trinajstić information content (AvgIpc) is 3.32. The Morgan fingerprint density at radius 1 is 0.348 bits per heavy atom. The van der Waals surface area contributed by atoms with Gasteiger partial charge in [0.15, 0.2) is 6.10 Å². The molecule has 378 valence electrons. The average molecular weight is 917 g/mol.